The van der Waals surface area contributed by atoms with Crippen LogP contribution in [0.5, 0.6) is 0 Å². The SMILES string of the molecule is O=C(CN[C@@H](c1ccccc1)c1ccco1)NC(c1ccccc1)c1ccccc1. The molecule has 150 valence electrons. The van der Waals surface area contributed by atoms with Crippen molar-refractivity contribution in [3.8, 4) is 0 Å². The molecule has 1 amide bonds. The number of benzene rings is 3. The van der Waals surface area contributed by atoms with Crippen molar-refractivity contribution in [2.24, 2.45) is 0 Å². The van der Waals surface area contributed by atoms with E-state index in [4.69, 9.17) is 4.42 Å². The standard InChI is InChI=1S/C26H24N2O2/c29-24(19-27-26(23-17-10-18-30-23)22-15-8-3-9-16-22)28-25(20-11-4-1-5-12-20)21-13-6-2-7-14-21/h1-18,25-27H,19H2,(H,28,29)/t26-/m0/s1. The summed E-state index contributed by atoms with van der Waals surface area (Å²) in [5.74, 6) is 0.692. The Balaban J connectivity index is 1.49. The highest BCUT2D eigenvalue weighted by atomic mass is 16.3. The Morgan fingerprint density at radius 3 is 1.63 bits per heavy atom. The molecule has 1 heterocycles. The number of rotatable bonds is 8. The second-order valence-corrected chi connectivity index (χ2v) is 7.06. The molecule has 0 saturated carbocycles. The van der Waals surface area contributed by atoms with Crippen LogP contribution in [0.4, 0.5) is 0 Å². The molecular weight excluding hydrogens is 372 g/mol. The Labute approximate surface area is 176 Å². The topological polar surface area (TPSA) is 54.3 Å². The van der Waals surface area contributed by atoms with Crippen LogP contribution in [0.25, 0.3) is 0 Å². The monoisotopic (exact) mass is 396 g/mol. The van der Waals surface area contributed by atoms with Crippen LogP contribution in [0.1, 0.15) is 34.5 Å². The molecule has 0 saturated heterocycles. The summed E-state index contributed by atoms with van der Waals surface area (Å²) in [5.41, 5.74) is 3.13. The molecule has 30 heavy (non-hydrogen) atoms. The van der Waals surface area contributed by atoms with E-state index in [1.807, 2.05) is 103 Å². The molecule has 0 spiro atoms. The molecule has 0 radical (unpaired) electrons. The predicted molar refractivity (Wildman–Crippen MR) is 118 cm³/mol. The highest BCUT2D eigenvalue weighted by Crippen LogP contribution is 2.23. The minimum Gasteiger partial charge on any atom is -0.467 e. The van der Waals surface area contributed by atoms with Crippen molar-refractivity contribution in [1.29, 1.82) is 0 Å². The fourth-order valence-corrected chi connectivity index (χ4v) is 3.54. The summed E-state index contributed by atoms with van der Waals surface area (Å²) in [6.07, 6.45) is 1.65. The van der Waals surface area contributed by atoms with Crippen molar-refractivity contribution in [1.82, 2.24) is 10.6 Å². The van der Waals surface area contributed by atoms with Gasteiger partial charge in [0, 0.05) is 0 Å². The van der Waals surface area contributed by atoms with Gasteiger partial charge < -0.3 is 9.73 Å². The number of hydrogen-bond donors (Lipinski definition) is 2. The number of hydrogen-bond acceptors (Lipinski definition) is 3. The summed E-state index contributed by atoms with van der Waals surface area (Å²) < 4.78 is 5.61. The van der Waals surface area contributed by atoms with Crippen LogP contribution in [-0.2, 0) is 4.79 Å². The van der Waals surface area contributed by atoms with Gasteiger partial charge in [-0.25, -0.2) is 0 Å². The molecule has 0 fully saturated rings. The largest absolute Gasteiger partial charge is 0.467 e. The highest BCUT2D eigenvalue weighted by Gasteiger charge is 2.20. The van der Waals surface area contributed by atoms with E-state index >= 15 is 0 Å². The van der Waals surface area contributed by atoms with Crippen LogP contribution in [0, 0.1) is 0 Å². The lowest BCUT2D eigenvalue weighted by Gasteiger charge is -2.22. The van der Waals surface area contributed by atoms with Gasteiger partial charge in [0.1, 0.15) is 5.76 Å². The molecular formula is C26H24N2O2. The smallest absolute Gasteiger partial charge is 0.234 e. The van der Waals surface area contributed by atoms with E-state index in [2.05, 4.69) is 10.6 Å². The average Bonchev–Trinajstić information content (AvgIpc) is 3.34. The first kappa shape index (κ1) is 19.7. The van der Waals surface area contributed by atoms with E-state index in [-0.39, 0.29) is 24.5 Å². The minimum atomic E-state index is -0.208. The van der Waals surface area contributed by atoms with Crippen molar-refractivity contribution in [2.75, 3.05) is 6.54 Å². The molecule has 2 N–H and O–H groups in total. The lowest BCUT2D eigenvalue weighted by molar-refractivity contribution is -0.120. The van der Waals surface area contributed by atoms with E-state index in [1.54, 1.807) is 6.26 Å². The fraction of sp³-hybridized carbons (Fsp3) is 0.115. The summed E-state index contributed by atoms with van der Waals surface area (Å²) in [5, 5.41) is 6.51. The van der Waals surface area contributed by atoms with Crippen LogP contribution < -0.4 is 10.6 Å². The average molecular weight is 396 g/mol. The van der Waals surface area contributed by atoms with Gasteiger partial charge in [0.2, 0.25) is 5.91 Å². The van der Waals surface area contributed by atoms with Gasteiger partial charge in [-0.15, -0.1) is 0 Å². The van der Waals surface area contributed by atoms with E-state index in [9.17, 15) is 4.79 Å². The summed E-state index contributed by atoms with van der Waals surface area (Å²) in [4.78, 5) is 12.9. The Morgan fingerprint density at radius 1 is 0.667 bits per heavy atom. The first-order chi connectivity index (χ1) is 14.8. The normalized spacial score (nSPS) is 11.9. The third-order valence-corrected chi connectivity index (χ3v) is 5.00. The molecule has 0 aliphatic heterocycles. The van der Waals surface area contributed by atoms with Crippen molar-refractivity contribution >= 4 is 5.91 Å². The molecule has 0 aliphatic rings. The van der Waals surface area contributed by atoms with Gasteiger partial charge in [-0.05, 0) is 28.8 Å². The molecule has 4 heteroatoms. The lowest BCUT2D eigenvalue weighted by atomic mass is 9.98. The zero-order valence-corrected chi connectivity index (χ0v) is 16.6. The van der Waals surface area contributed by atoms with Crippen LogP contribution in [0.2, 0.25) is 0 Å². The molecule has 0 bridgehead atoms. The number of nitrogens with one attached hydrogen (secondary N) is 2. The van der Waals surface area contributed by atoms with Gasteiger partial charge in [-0.3, -0.25) is 10.1 Å². The first-order valence-electron chi connectivity index (χ1n) is 10.0. The Kier molecular flexibility index (Phi) is 6.38. The maximum absolute atomic E-state index is 12.9. The second-order valence-electron chi connectivity index (χ2n) is 7.06. The van der Waals surface area contributed by atoms with Crippen molar-refractivity contribution in [3.63, 3.8) is 0 Å². The van der Waals surface area contributed by atoms with E-state index in [1.165, 1.54) is 0 Å². The van der Waals surface area contributed by atoms with Crippen LogP contribution >= 0.6 is 0 Å². The predicted octanol–water partition coefficient (Wildman–Crippen LogP) is 4.86. The molecule has 1 atom stereocenters. The number of carbonyl (C=O) groups is 1. The zero-order valence-electron chi connectivity index (χ0n) is 16.6. The molecule has 4 aromatic rings. The van der Waals surface area contributed by atoms with E-state index in [0.29, 0.717) is 0 Å². The minimum absolute atomic E-state index is 0.0832. The van der Waals surface area contributed by atoms with Crippen molar-refractivity contribution in [2.45, 2.75) is 12.1 Å². The van der Waals surface area contributed by atoms with E-state index in [0.717, 1.165) is 22.5 Å². The number of carbonyl (C=O) groups excluding carboxylic acids is 1. The number of amides is 1. The first-order valence-corrected chi connectivity index (χ1v) is 10.0. The summed E-state index contributed by atoms with van der Waals surface area (Å²) in [6, 6.07) is 33.3. The van der Waals surface area contributed by atoms with E-state index < -0.39 is 0 Å². The van der Waals surface area contributed by atoms with Gasteiger partial charge >= 0.3 is 0 Å². The van der Waals surface area contributed by atoms with Gasteiger partial charge in [-0.1, -0.05) is 91.0 Å². The van der Waals surface area contributed by atoms with Crippen LogP contribution in [-0.4, -0.2) is 12.5 Å². The van der Waals surface area contributed by atoms with Gasteiger partial charge in [-0.2, -0.15) is 0 Å². The number of furan rings is 1. The molecule has 4 rings (SSSR count). The highest BCUT2D eigenvalue weighted by molar-refractivity contribution is 5.79. The van der Waals surface area contributed by atoms with Crippen molar-refractivity contribution in [3.05, 3.63) is 132 Å². The molecule has 0 aliphatic carbocycles. The van der Waals surface area contributed by atoms with Crippen LogP contribution in [0.15, 0.2) is 114 Å². The maximum atomic E-state index is 12.9. The van der Waals surface area contributed by atoms with Gasteiger partial charge in [0.15, 0.2) is 0 Å². The Hall–Kier alpha value is -3.63. The Morgan fingerprint density at radius 2 is 1.17 bits per heavy atom. The third kappa shape index (κ3) is 4.85. The molecule has 4 nitrogen and oxygen atoms in total. The summed E-state index contributed by atoms with van der Waals surface area (Å²) in [7, 11) is 0. The Bertz CT molecular complexity index is 993. The van der Waals surface area contributed by atoms with Gasteiger partial charge in [0.25, 0.3) is 0 Å². The summed E-state index contributed by atoms with van der Waals surface area (Å²) in [6.45, 7) is 0.163. The molecule has 1 aromatic heterocycles. The third-order valence-electron chi connectivity index (χ3n) is 5.00. The molecule has 0 unspecified atom stereocenters. The zero-order chi connectivity index (χ0) is 20.6. The molecule has 3 aromatic carbocycles. The van der Waals surface area contributed by atoms with Crippen molar-refractivity contribution < 1.29 is 9.21 Å². The maximum Gasteiger partial charge on any atom is 0.234 e. The summed E-state index contributed by atoms with van der Waals surface area (Å²) >= 11 is 0. The quantitative estimate of drug-likeness (QED) is 0.447. The fourth-order valence-electron chi connectivity index (χ4n) is 3.54. The van der Waals surface area contributed by atoms with Crippen LogP contribution in [0.3, 0.4) is 0 Å². The van der Waals surface area contributed by atoms with Gasteiger partial charge in [0.05, 0.1) is 24.9 Å². The lowest BCUT2D eigenvalue weighted by Crippen LogP contribution is -2.38. The second kappa shape index (κ2) is 9.72.